The Morgan fingerprint density at radius 1 is 1.32 bits per heavy atom. The Bertz CT molecular complexity index is 861. The number of hydrogen-bond acceptors (Lipinski definition) is 6. The number of nitrogens with one attached hydrogen (secondary N) is 1. The van der Waals surface area contributed by atoms with Crippen LogP contribution in [0.15, 0.2) is 28.8 Å². The van der Waals surface area contributed by atoms with E-state index in [1.165, 1.54) is 0 Å². The highest BCUT2D eigenvalue weighted by Gasteiger charge is 2.30. The van der Waals surface area contributed by atoms with Crippen LogP contribution in [0.5, 0.6) is 5.75 Å². The maximum Gasteiger partial charge on any atom is 0.260 e. The molecule has 1 aromatic heterocycles. The zero-order chi connectivity index (χ0) is 19.5. The predicted octanol–water partition coefficient (Wildman–Crippen LogP) is 2.51. The van der Waals surface area contributed by atoms with Crippen LogP contribution >= 0.6 is 0 Å². The largest absolute Gasteiger partial charge is 0.484 e. The fourth-order valence-corrected chi connectivity index (χ4v) is 3.37. The number of benzene rings is 1. The molecular weight excluding hydrogens is 360 g/mol. The van der Waals surface area contributed by atoms with Crippen molar-refractivity contribution >= 4 is 17.5 Å². The van der Waals surface area contributed by atoms with Crippen LogP contribution in [0.25, 0.3) is 0 Å². The van der Waals surface area contributed by atoms with Crippen molar-refractivity contribution in [2.45, 2.75) is 38.5 Å². The summed E-state index contributed by atoms with van der Waals surface area (Å²) in [5.74, 6) is 1.94. The summed E-state index contributed by atoms with van der Waals surface area (Å²) in [4.78, 5) is 30.5. The Balaban J connectivity index is 1.30. The maximum atomic E-state index is 12.6. The van der Waals surface area contributed by atoms with Crippen LogP contribution < -0.4 is 10.1 Å². The van der Waals surface area contributed by atoms with Gasteiger partial charge in [-0.05, 0) is 44.7 Å². The second-order valence-electron chi connectivity index (χ2n) is 7.44. The average Bonchev–Trinajstić information content (AvgIpc) is 3.47. The number of amides is 2. The first-order chi connectivity index (χ1) is 13.6. The Morgan fingerprint density at radius 2 is 2.18 bits per heavy atom. The highest BCUT2D eigenvalue weighted by Crippen LogP contribution is 2.30. The highest BCUT2D eigenvalue weighted by molar-refractivity contribution is 5.94. The summed E-state index contributed by atoms with van der Waals surface area (Å²) in [6.07, 6.45) is 3.72. The molecule has 0 radical (unpaired) electrons. The average molecular weight is 384 g/mol. The van der Waals surface area contributed by atoms with E-state index in [4.69, 9.17) is 9.26 Å². The van der Waals surface area contributed by atoms with Gasteiger partial charge in [-0.1, -0.05) is 11.2 Å². The number of aromatic nitrogens is 2. The smallest absolute Gasteiger partial charge is 0.260 e. The van der Waals surface area contributed by atoms with Gasteiger partial charge in [0.1, 0.15) is 5.75 Å². The number of piperidine rings is 1. The highest BCUT2D eigenvalue weighted by atomic mass is 16.5. The van der Waals surface area contributed by atoms with Gasteiger partial charge in [0.2, 0.25) is 11.8 Å². The zero-order valence-electron chi connectivity index (χ0n) is 15.9. The lowest BCUT2D eigenvalue weighted by Gasteiger charge is -2.31. The van der Waals surface area contributed by atoms with Crippen molar-refractivity contribution in [3.8, 4) is 5.75 Å². The van der Waals surface area contributed by atoms with Crippen LogP contribution in [0.4, 0.5) is 5.69 Å². The fraction of sp³-hybridized carbons (Fsp3) is 0.500. The van der Waals surface area contributed by atoms with Crippen LogP contribution in [0, 0.1) is 12.8 Å². The van der Waals surface area contributed by atoms with E-state index in [9.17, 15) is 9.59 Å². The van der Waals surface area contributed by atoms with Gasteiger partial charge in [-0.3, -0.25) is 9.59 Å². The molecule has 1 unspecified atom stereocenters. The van der Waals surface area contributed by atoms with E-state index in [0.717, 1.165) is 25.7 Å². The molecule has 1 aliphatic carbocycles. The number of ether oxygens (including phenoxy) is 1. The third-order valence-corrected chi connectivity index (χ3v) is 5.08. The lowest BCUT2D eigenvalue weighted by molar-refractivity contribution is -0.134. The van der Waals surface area contributed by atoms with Gasteiger partial charge in [-0.15, -0.1) is 0 Å². The molecule has 2 amide bonds. The molecule has 0 bridgehead atoms. The van der Waals surface area contributed by atoms with Gasteiger partial charge in [0.05, 0.1) is 5.92 Å². The molecule has 2 aliphatic rings. The SMILES string of the molecule is Cc1noc(C2CCCN(C(=O)COc3cccc(NC(=O)C4CC4)c3)C2)n1. The standard InChI is InChI=1S/C20H24N4O4/c1-13-21-20(28-23-13)15-4-3-9-24(11-15)18(25)12-27-17-6-2-5-16(10-17)22-19(26)14-7-8-14/h2,5-6,10,14-15H,3-4,7-9,11-12H2,1H3,(H,22,26). The van der Waals surface area contributed by atoms with E-state index in [-0.39, 0.29) is 30.3 Å². The minimum atomic E-state index is -0.0756. The quantitative estimate of drug-likeness (QED) is 0.822. The third-order valence-electron chi connectivity index (χ3n) is 5.08. The molecular formula is C20H24N4O4. The molecule has 148 valence electrons. The van der Waals surface area contributed by atoms with Gasteiger partial charge in [0, 0.05) is 30.8 Å². The normalized spacial score (nSPS) is 19.3. The summed E-state index contributed by atoms with van der Waals surface area (Å²) >= 11 is 0. The summed E-state index contributed by atoms with van der Waals surface area (Å²) < 4.78 is 10.9. The van der Waals surface area contributed by atoms with E-state index in [2.05, 4.69) is 15.5 Å². The van der Waals surface area contributed by atoms with Crippen molar-refractivity contribution in [3.05, 3.63) is 36.0 Å². The molecule has 2 fully saturated rings. The van der Waals surface area contributed by atoms with Crippen molar-refractivity contribution in [3.63, 3.8) is 0 Å². The molecule has 28 heavy (non-hydrogen) atoms. The molecule has 1 saturated carbocycles. The minimum Gasteiger partial charge on any atom is -0.484 e. The number of likely N-dealkylation sites (tertiary alicyclic amines) is 1. The van der Waals surface area contributed by atoms with Crippen LogP contribution in [0.1, 0.15) is 43.3 Å². The molecule has 2 aromatic rings. The molecule has 1 aromatic carbocycles. The summed E-state index contributed by atoms with van der Waals surface area (Å²) in [5.41, 5.74) is 0.687. The molecule has 4 rings (SSSR count). The van der Waals surface area contributed by atoms with Crippen molar-refractivity contribution < 1.29 is 18.8 Å². The number of carbonyl (C=O) groups excluding carboxylic acids is 2. The van der Waals surface area contributed by atoms with E-state index in [1.807, 2.05) is 6.07 Å². The molecule has 0 spiro atoms. The number of nitrogens with zero attached hydrogens (tertiary/aromatic N) is 3. The van der Waals surface area contributed by atoms with E-state index in [1.54, 1.807) is 30.0 Å². The molecule has 2 heterocycles. The van der Waals surface area contributed by atoms with Crippen LogP contribution in [-0.4, -0.2) is 46.6 Å². The summed E-state index contributed by atoms with van der Waals surface area (Å²) in [7, 11) is 0. The first-order valence-corrected chi connectivity index (χ1v) is 9.70. The van der Waals surface area contributed by atoms with Crippen molar-refractivity contribution in [2.24, 2.45) is 5.92 Å². The molecule has 8 heteroatoms. The van der Waals surface area contributed by atoms with E-state index < -0.39 is 0 Å². The minimum absolute atomic E-state index is 0.0452. The number of rotatable bonds is 6. The lowest BCUT2D eigenvalue weighted by atomic mass is 9.98. The van der Waals surface area contributed by atoms with Crippen LogP contribution in [-0.2, 0) is 9.59 Å². The fourth-order valence-electron chi connectivity index (χ4n) is 3.37. The summed E-state index contributed by atoms with van der Waals surface area (Å²) in [6, 6.07) is 7.14. The third kappa shape index (κ3) is 4.49. The van der Waals surface area contributed by atoms with Gasteiger partial charge in [0.15, 0.2) is 12.4 Å². The van der Waals surface area contributed by atoms with E-state index in [0.29, 0.717) is 36.2 Å². The van der Waals surface area contributed by atoms with Gasteiger partial charge in [0.25, 0.3) is 5.91 Å². The topological polar surface area (TPSA) is 97.6 Å². The predicted molar refractivity (Wildman–Crippen MR) is 101 cm³/mol. The molecule has 1 saturated heterocycles. The number of carbonyl (C=O) groups is 2. The van der Waals surface area contributed by atoms with Crippen molar-refractivity contribution in [1.82, 2.24) is 15.0 Å². The van der Waals surface area contributed by atoms with Crippen LogP contribution in [0.3, 0.4) is 0 Å². The van der Waals surface area contributed by atoms with Crippen molar-refractivity contribution in [2.75, 3.05) is 25.0 Å². The number of aryl methyl sites for hydroxylation is 1. The first kappa shape index (κ1) is 18.5. The summed E-state index contributed by atoms with van der Waals surface area (Å²) in [6.45, 7) is 2.99. The molecule has 1 atom stereocenters. The van der Waals surface area contributed by atoms with Gasteiger partial charge in [-0.25, -0.2) is 0 Å². The number of hydrogen-bond donors (Lipinski definition) is 1. The lowest BCUT2D eigenvalue weighted by Crippen LogP contribution is -2.41. The van der Waals surface area contributed by atoms with Crippen molar-refractivity contribution in [1.29, 1.82) is 0 Å². The monoisotopic (exact) mass is 384 g/mol. The summed E-state index contributed by atoms with van der Waals surface area (Å²) in [5, 5.41) is 6.72. The second-order valence-corrected chi connectivity index (χ2v) is 7.44. The number of anilines is 1. The second kappa shape index (κ2) is 8.00. The Morgan fingerprint density at radius 3 is 2.93 bits per heavy atom. The molecule has 1 aliphatic heterocycles. The Kier molecular flexibility index (Phi) is 5.27. The van der Waals surface area contributed by atoms with Gasteiger partial charge < -0.3 is 19.5 Å². The maximum absolute atomic E-state index is 12.6. The molecule has 1 N–H and O–H groups in total. The first-order valence-electron chi connectivity index (χ1n) is 9.70. The van der Waals surface area contributed by atoms with Gasteiger partial charge >= 0.3 is 0 Å². The van der Waals surface area contributed by atoms with Gasteiger partial charge in [-0.2, -0.15) is 4.98 Å². The Hall–Kier alpha value is -2.90. The van der Waals surface area contributed by atoms with E-state index >= 15 is 0 Å². The Labute approximate surface area is 163 Å². The zero-order valence-corrected chi connectivity index (χ0v) is 15.9. The molecule has 8 nitrogen and oxygen atoms in total. The van der Waals surface area contributed by atoms with Crippen LogP contribution in [0.2, 0.25) is 0 Å².